The summed E-state index contributed by atoms with van der Waals surface area (Å²) < 4.78 is 147. The van der Waals surface area contributed by atoms with Crippen molar-refractivity contribution in [2.24, 2.45) is 0 Å². The van der Waals surface area contributed by atoms with Crippen LogP contribution in [0.1, 0.15) is 92.8 Å². The van der Waals surface area contributed by atoms with E-state index in [9.17, 15) is 11.0 Å². The molecule has 5 heteroatoms. The van der Waals surface area contributed by atoms with Gasteiger partial charge in [-0.15, -0.1) is 0 Å². The molecule has 0 atom stereocenters. The fourth-order valence-electron chi connectivity index (χ4n) is 18.8. The fraction of sp³-hybridized carbons (Fsp3) is 0.0500. The SMILES string of the molecule is [2H]c1cc(-c2c([2H])c([2H])c([2H])c([2H])c2Nc2cccc(N(c3cc(C(C)(C)C)ccc3[B]c3ccc(Nc4c([2H])c([2H])c([2H])c([2H])c4-c4cc([2H])c([2H])c([2H])c4[2H])cc3Nc3c(-c4ccc5c(c4)C(c4ccccc4)(c4ccccc4)c4ccccc4-5)cccc3-c3ccc4c(c3)C(c3ccccc3)(c3ccccc3)c3ccccc3-4)c3c(-c4ccccc4)cccc3-c3ccccc3)c2)c([2H])c([2H])c1[2H]. The molecule has 2 aliphatic carbocycles. The third-order valence-corrected chi connectivity index (χ3v) is 24.4. The normalized spacial score (nSPS) is 14.4. The summed E-state index contributed by atoms with van der Waals surface area (Å²) in [5, 5.41) is 11.2. The van der Waals surface area contributed by atoms with Gasteiger partial charge >= 0.3 is 0 Å². The number of anilines is 9. The molecule has 19 aromatic rings. The second-order valence-corrected chi connectivity index (χ2v) is 32.6. The predicted octanol–water partition coefficient (Wildman–Crippen LogP) is 30.1. The van der Waals surface area contributed by atoms with Gasteiger partial charge < -0.3 is 20.9 Å². The highest BCUT2D eigenvalue weighted by molar-refractivity contribution is 6.70. The third kappa shape index (κ3) is 14.0. The molecule has 125 heavy (non-hydrogen) atoms. The second-order valence-electron chi connectivity index (χ2n) is 32.6. The molecule has 0 aromatic heterocycles. The molecule has 0 spiro atoms. The van der Waals surface area contributed by atoms with E-state index < -0.39 is 113 Å². The lowest BCUT2D eigenvalue weighted by atomic mass is 9.61. The van der Waals surface area contributed by atoms with Gasteiger partial charge in [-0.25, -0.2) is 0 Å². The van der Waals surface area contributed by atoms with E-state index in [-0.39, 0.29) is 33.6 Å². The van der Waals surface area contributed by atoms with Gasteiger partial charge in [-0.05, 0) is 172 Å². The maximum atomic E-state index is 9.88. The average molecular weight is 1610 g/mol. The van der Waals surface area contributed by atoms with Gasteiger partial charge in [0.05, 0.1) is 44.1 Å². The van der Waals surface area contributed by atoms with E-state index in [0.29, 0.717) is 45.0 Å². The number of para-hydroxylation sites is 4. The van der Waals surface area contributed by atoms with Crippen molar-refractivity contribution in [2.75, 3.05) is 20.9 Å². The van der Waals surface area contributed by atoms with Crippen molar-refractivity contribution in [1.29, 1.82) is 0 Å². The van der Waals surface area contributed by atoms with E-state index >= 15 is 0 Å². The molecule has 0 saturated carbocycles. The summed E-state index contributed by atoms with van der Waals surface area (Å²) in [7, 11) is 2.12. The molecule has 0 amide bonds. The highest BCUT2D eigenvalue weighted by atomic mass is 15.2. The summed E-state index contributed by atoms with van der Waals surface area (Å²) >= 11 is 0. The van der Waals surface area contributed by atoms with Crippen molar-refractivity contribution >= 4 is 69.4 Å². The molecule has 593 valence electrons. The lowest BCUT2D eigenvalue weighted by Crippen LogP contribution is -2.33. The monoisotopic (exact) mass is 1610 g/mol. The van der Waals surface area contributed by atoms with Crippen LogP contribution in [0.4, 0.5) is 51.2 Å². The summed E-state index contributed by atoms with van der Waals surface area (Å²) in [5.41, 5.74) is 22.7. The Morgan fingerprint density at radius 3 is 1.16 bits per heavy atom. The highest BCUT2D eigenvalue weighted by Crippen LogP contribution is 2.60. The molecule has 4 nitrogen and oxygen atoms in total. The molecule has 0 saturated heterocycles. The minimum atomic E-state index is -0.826. The molecule has 0 aliphatic heterocycles. The van der Waals surface area contributed by atoms with E-state index in [1.807, 2.05) is 78.9 Å². The molecule has 0 unspecified atom stereocenters. The zero-order chi connectivity index (χ0) is 97.8. The van der Waals surface area contributed by atoms with Crippen LogP contribution in [0.5, 0.6) is 0 Å². The standard InChI is InChI=1S/C120H90BN4/c1-118(2,3)92-71-75-111(115(79-92)125(117-100(84-43-16-6-17-44-84)63-38-64-101(117)85-45-18-7-19-46-85)95-56-36-55-93(80-95)122-112-67-34-30-57-96(112)82-39-12-4-13-40-82)121-110-76-72-94(123-113-68-35-31-58-97(113)83-41-14-5-15-42-83)81-114(110)124-116-98(86-69-73-104-102-59-28-32-65-106(102)119(108(104)77-86,88-47-20-8-21-48-88)89-49-22-9-23-50-89)61-37-62-99(116)87-70-74-105-103-60-29-33-66-107(103)120(109(105)78-87,90-51-24-10-25-52-90)91-53-26-11-27-54-91/h4-81,122-124H,1-3H3/i4D,5D,12D,13D,14D,15D,30D,31D,34D,35D,39D,41D,57D,58D,67D,68D. The first-order valence-electron chi connectivity index (χ1n) is 50.0. The average Bonchev–Trinajstić information content (AvgIpc) is 1.68. The first kappa shape index (κ1) is 60.8. The fourth-order valence-corrected chi connectivity index (χ4v) is 18.8. The van der Waals surface area contributed by atoms with Crippen LogP contribution in [-0.2, 0) is 16.2 Å². The molecule has 21 rings (SSSR count). The van der Waals surface area contributed by atoms with Crippen LogP contribution < -0.4 is 31.8 Å². The molecular weight excluding hydrogens is 1510 g/mol. The largest absolute Gasteiger partial charge is 0.355 e. The van der Waals surface area contributed by atoms with Crippen molar-refractivity contribution in [3.05, 3.63) is 523 Å². The number of fused-ring (bicyclic) bond motifs is 6. The smallest absolute Gasteiger partial charge is 0.197 e. The van der Waals surface area contributed by atoms with Crippen LogP contribution >= 0.6 is 0 Å². The number of rotatable bonds is 21. The number of nitrogens with one attached hydrogen (secondary N) is 3. The maximum Gasteiger partial charge on any atom is 0.197 e. The summed E-state index contributed by atoms with van der Waals surface area (Å²) in [6.45, 7) is 6.47. The van der Waals surface area contributed by atoms with Gasteiger partial charge in [0, 0.05) is 73.2 Å². The van der Waals surface area contributed by atoms with E-state index in [2.05, 4.69) is 328 Å². The van der Waals surface area contributed by atoms with Crippen LogP contribution in [0.2, 0.25) is 0 Å². The molecule has 2 aliphatic rings. The lowest BCUT2D eigenvalue weighted by molar-refractivity contribution is 0.590. The molecule has 3 N–H and O–H groups in total. The lowest BCUT2D eigenvalue weighted by Gasteiger charge is -2.34. The minimum absolute atomic E-state index is 0.129. The second kappa shape index (κ2) is 32.8. The zero-order valence-electron chi connectivity index (χ0n) is 84.8. The topological polar surface area (TPSA) is 39.3 Å². The predicted molar refractivity (Wildman–Crippen MR) is 528 cm³/mol. The van der Waals surface area contributed by atoms with Gasteiger partial charge in [-0.1, -0.05) is 444 Å². The molecule has 0 fully saturated rings. The number of hydrogen-bond donors (Lipinski definition) is 3. The number of hydrogen-bond acceptors (Lipinski definition) is 4. The van der Waals surface area contributed by atoms with E-state index in [1.54, 1.807) is 6.07 Å². The molecule has 0 heterocycles. The first-order valence-corrected chi connectivity index (χ1v) is 42.0. The summed E-state index contributed by atoms with van der Waals surface area (Å²) in [4.78, 5) is 2.22. The van der Waals surface area contributed by atoms with Gasteiger partial charge in [0.1, 0.15) is 0 Å². The van der Waals surface area contributed by atoms with Gasteiger partial charge in [0.2, 0.25) is 0 Å². The number of nitrogens with zero attached hydrogens (tertiary/aromatic N) is 1. The van der Waals surface area contributed by atoms with Crippen LogP contribution in [0.25, 0.3) is 89.0 Å². The highest BCUT2D eigenvalue weighted by Gasteiger charge is 2.48. The van der Waals surface area contributed by atoms with Gasteiger partial charge in [0.25, 0.3) is 0 Å². The van der Waals surface area contributed by atoms with Crippen LogP contribution in [0, 0.1) is 0 Å². The van der Waals surface area contributed by atoms with Gasteiger partial charge in [-0.3, -0.25) is 0 Å². The molecular formula is C120H90BN4. The van der Waals surface area contributed by atoms with Crippen LogP contribution in [0.15, 0.2) is 473 Å². The third-order valence-electron chi connectivity index (χ3n) is 24.4. The van der Waals surface area contributed by atoms with Crippen molar-refractivity contribution in [3.63, 3.8) is 0 Å². The van der Waals surface area contributed by atoms with E-state index in [1.165, 1.54) is 12.1 Å². The Morgan fingerprint density at radius 2 is 0.672 bits per heavy atom. The minimum Gasteiger partial charge on any atom is -0.355 e. The molecule has 1 radical (unpaired) electrons. The van der Waals surface area contributed by atoms with Crippen LogP contribution in [0.3, 0.4) is 0 Å². The Bertz CT molecular complexity index is 7890. The Kier molecular flexibility index (Phi) is 16.0. The Labute approximate surface area is 757 Å². The summed E-state index contributed by atoms with van der Waals surface area (Å²) in [6.07, 6.45) is 0. The van der Waals surface area contributed by atoms with Crippen LogP contribution in [-0.4, -0.2) is 7.28 Å². The zero-order valence-corrected chi connectivity index (χ0v) is 68.8. The van der Waals surface area contributed by atoms with Gasteiger partial charge in [0.15, 0.2) is 7.28 Å². The summed E-state index contributed by atoms with van der Waals surface area (Å²) in [5.74, 6) is 0. The van der Waals surface area contributed by atoms with Crippen molar-refractivity contribution in [1.82, 2.24) is 0 Å². The maximum absolute atomic E-state index is 9.88. The number of benzene rings is 19. The Hall–Kier alpha value is -15.6. The Balaban J connectivity index is 0.839. The van der Waals surface area contributed by atoms with Gasteiger partial charge in [-0.2, -0.15) is 0 Å². The Morgan fingerprint density at radius 1 is 0.264 bits per heavy atom. The van der Waals surface area contributed by atoms with E-state index in [0.717, 1.165) is 123 Å². The van der Waals surface area contributed by atoms with Crippen molar-refractivity contribution in [3.8, 4) is 89.0 Å². The summed E-state index contributed by atoms with van der Waals surface area (Å²) in [6, 6.07) is 120. The first-order chi connectivity index (χ1) is 68.2. The van der Waals surface area contributed by atoms with Crippen molar-refractivity contribution in [2.45, 2.75) is 37.0 Å². The van der Waals surface area contributed by atoms with Crippen molar-refractivity contribution < 1.29 is 21.9 Å². The quantitative estimate of drug-likeness (QED) is 0.0627. The molecule has 0 bridgehead atoms. The van der Waals surface area contributed by atoms with E-state index in [4.69, 9.17) is 11.0 Å². The molecule has 19 aromatic carbocycles.